The number of nitrogens with zero attached hydrogens (tertiary/aromatic N) is 2. The summed E-state index contributed by atoms with van der Waals surface area (Å²) < 4.78 is 0. The van der Waals surface area contributed by atoms with Crippen molar-refractivity contribution in [1.82, 2.24) is 15.1 Å². The molecule has 2 heterocycles. The van der Waals surface area contributed by atoms with E-state index in [0.717, 1.165) is 26.2 Å². The molecule has 1 aromatic carbocycles. The summed E-state index contributed by atoms with van der Waals surface area (Å²) in [7, 11) is 2.15. The lowest BCUT2D eigenvalue weighted by Gasteiger charge is -2.38. The second kappa shape index (κ2) is 8.12. The van der Waals surface area contributed by atoms with Gasteiger partial charge in [0, 0.05) is 43.3 Å². The number of carbonyl (C=O) groups excluding carboxylic acids is 1. The van der Waals surface area contributed by atoms with Crippen LogP contribution in [-0.2, 0) is 0 Å². The first-order valence-electron chi connectivity index (χ1n) is 8.12. The van der Waals surface area contributed by atoms with Gasteiger partial charge < -0.3 is 10.2 Å². The van der Waals surface area contributed by atoms with Crippen molar-refractivity contribution in [3.63, 3.8) is 0 Å². The van der Waals surface area contributed by atoms with Crippen molar-refractivity contribution >= 4 is 28.8 Å². The van der Waals surface area contributed by atoms with E-state index in [2.05, 4.69) is 39.0 Å². The van der Waals surface area contributed by atoms with Crippen LogP contribution in [0.2, 0.25) is 5.02 Å². The lowest BCUT2D eigenvalue weighted by Crippen LogP contribution is -2.48. The first-order valence-corrected chi connectivity index (χ1v) is 9.44. The van der Waals surface area contributed by atoms with E-state index in [1.54, 1.807) is 35.6 Å². The van der Waals surface area contributed by atoms with E-state index < -0.39 is 0 Å². The third-order valence-corrected chi connectivity index (χ3v) is 5.39. The number of hydrogen-bond donors (Lipinski definition) is 1. The fraction of sp³-hybridized carbons (Fsp3) is 0.389. The van der Waals surface area contributed by atoms with E-state index in [1.807, 2.05) is 0 Å². The van der Waals surface area contributed by atoms with Crippen molar-refractivity contribution in [3.8, 4) is 0 Å². The van der Waals surface area contributed by atoms with Crippen molar-refractivity contribution in [1.29, 1.82) is 0 Å². The van der Waals surface area contributed by atoms with Crippen LogP contribution in [0, 0.1) is 0 Å². The van der Waals surface area contributed by atoms with Gasteiger partial charge in [0.1, 0.15) is 0 Å². The molecule has 4 nitrogen and oxygen atoms in total. The summed E-state index contributed by atoms with van der Waals surface area (Å²) >= 11 is 7.67. The van der Waals surface area contributed by atoms with Crippen molar-refractivity contribution in [2.75, 3.05) is 39.8 Å². The van der Waals surface area contributed by atoms with Gasteiger partial charge in [0.15, 0.2) is 0 Å². The molecule has 24 heavy (non-hydrogen) atoms. The van der Waals surface area contributed by atoms with Gasteiger partial charge in [0.05, 0.1) is 6.04 Å². The first-order chi connectivity index (χ1) is 11.6. The molecule has 0 bridgehead atoms. The topological polar surface area (TPSA) is 35.6 Å². The minimum absolute atomic E-state index is 0.0770. The fourth-order valence-electron chi connectivity index (χ4n) is 2.98. The summed E-state index contributed by atoms with van der Waals surface area (Å²) in [5, 5.41) is 7.92. The summed E-state index contributed by atoms with van der Waals surface area (Å²) in [6, 6.07) is 9.43. The second-order valence-electron chi connectivity index (χ2n) is 6.13. The highest BCUT2D eigenvalue weighted by atomic mass is 35.5. The number of likely N-dealkylation sites (N-methyl/N-ethyl adjacent to an activating group) is 1. The van der Waals surface area contributed by atoms with E-state index in [0.29, 0.717) is 17.1 Å². The van der Waals surface area contributed by atoms with Crippen molar-refractivity contribution in [2.45, 2.75) is 6.04 Å². The molecular weight excluding hydrogens is 342 g/mol. The number of piperazine rings is 1. The Bertz CT molecular complexity index is 669. The predicted octanol–water partition coefficient (Wildman–Crippen LogP) is 3.12. The number of amides is 1. The standard InChI is InChI=1S/C18H22ClN3OS/c1-21-6-8-22(9-7-21)17(15-5-10-24-13-15)12-20-18(23)14-3-2-4-16(19)11-14/h2-5,10-11,13,17H,6-9,12H2,1H3,(H,20,23)/t17-/m1/s1. The molecule has 0 radical (unpaired) electrons. The third-order valence-electron chi connectivity index (χ3n) is 4.45. The van der Waals surface area contributed by atoms with Gasteiger partial charge in [-0.2, -0.15) is 11.3 Å². The monoisotopic (exact) mass is 363 g/mol. The SMILES string of the molecule is CN1CCN([C@H](CNC(=O)c2cccc(Cl)c2)c2ccsc2)CC1. The minimum Gasteiger partial charge on any atom is -0.350 e. The Kier molecular flexibility index (Phi) is 5.89. The molecule has 6 heteroatoms. The van der Waals surface area contributed by atoms with E-state index >= 15 is 0 Å². The summed E-state index contributed by atoms with van der Waals surface area (Å²) in [6.45, 7) is 4.76. The van der Waals surface area contributed by atoms with Crippen molar-refractivity contribution < 1.29 is 4.79 Å². The van der Waals surface area contributed by atoms with Crippen molar-refractivity contribution in [2.24, 2.45) is 0 Å². The summed E-state index contributed by atoms with van der Waals surface area (Å²) in [4.78, 5) is 17.2. The fourth-order valence-corrected chi connectivity index (χ4v) is 3.87. The molecule has 3 rings (SSSR count). The number of carbonyl (C=O) groups is 1. The lowest BCUT2D eigenvalue weighted by atomic mass is 10.1. The maximum absolute atomic E-state index is 12.4. The van der Waals surface area contributed by atoms with Crippen LogP contribution in [0.5, 0.6) is 0 Å². The summed E-state index contributed by atoms with van der Waals surface area (Å²) in [5.74, 6) is -0.0770. The number of rotatable bonds is 5. The zero-order valence-corrected chi connectivity index (χ0v) is 15.3. The van der Waals surface area contributed by atoms with Crippen molar-refractivity contribution in [3.05, 3.63) is 57.2 Å². The number of halogens is 1. The Hall–Kier alpha value is -1.40. The molecular formula is C18H22ClN3OS. The first kappa shape index (κ1) is 17.4. The van der Waals surface area contributed by atoms with E-state index in [-0.39, 0.29) is 11.9 Å². The molecule has 0 unspecified atom stereocenters. The average molecular weight is 364 g/mol. The quantitative estimate of drug-likeness (QED) is 0.886. The highest BCUT2D eigenvalue weighted by Crippen LogP contribution is 2.24. The van der Waals surface area contributed by atoms with Gasteiger partial charge in [-0.15, -0.1) is 0 Å². The van der Waals surface area contributed by atoms with Crippen LogP contribution in [0.4, 0.5) is 0 Å². The number of hydrogen-bond acceptors (Lipinski definition) is 4. The molecule has 128 valence electrons. The molecule has 1 atom stereocenters. The lowest BCUT2D eigenvalue weighted by molar-refractivity contribution is 0.0887. The molecule has 1 aromatic heterocycles. The second-order valence-corrected chi connectivity index (χ2v) is 7.35. The predicted molar refractivity (Wildman–Crippen MR) is 99.9 cm³/mol. The average Bonchev–Trinajstić information content (AvgIpc) is 3.11. The molecule has 1 amide bonds. The Balaban J connectivity index is 1.67. The zero-order chi connectivity index (χ0) is 16.9. The number of nitrogens with one attached hydrogen (secondary N) is 1. The largest absolute Gasteiger partial charge is 0.350 e. The van der Waals surface area contributed by atoms with Gasteiger partial charge in [-0.25, -0.2) is 0 Å². The molecule has 0 spiro atoms. The van der Waals surface area contributed by atoms with E-state index in [1.165, 1.54) is 5.56 Å². The van der Waals surface area contributed by atoms with Crippen LogP contribution in [0.3, 0.4) is 0 Å². The van der Waals surface area contributed by atoms with Gasteiger partial charge >= 0.3 is 0 Å². The minimum atomic E-state index is -0.0770. The zero-order valence-electron chi connectivity index (χ0n) is 13.7. The molecule has 0 aliphatic carbocycles. The number of benzene rings is 1. The molecule has 1 fully saturated rings. The van der Waals surface area contributed by atoms with Gasteiger partial charge in [-0.05, 0) is 47.6 Å². The van der Waals surface area contributed by atoms with Crippen LogP contribution < -0.4 is 5.32 Å². The Morgan fingerprint density at radius 3 is 2.75 bits per heavy atom. The molecule has 2 aromatic rings. The van der Waals surface area contributed by atoms with Crippen LogP contribution in [0.25, 0.3) is 0 Å². The molecule has 1 saturated heterocycles. The van der Waals surface area contributed by atoms with Crippen LogP contribution >= 0.6 is 22.9 Å². The smallest absolute Gasteiger partial charge is 0.251 e. The molecule has 0 saturated carbocycles. The Morgan fingerprint density at radius 1 is 1.29 bits per heavy atom. The maximum atomic E-state index is 12.4. The molecule has 1 aliphatic heterocycles. The van der Waals surface area contributed by atoms with E-state index in [9.17, 15) is 4.79 Å². The maximum Gasteiger partial charge on any atom is 0.251 e. The van der Waals surface area contributed by atoms with Crippen LogP contribution in [-0.4, -0.2) is 55.5 Å². The third kappa shape index (κ3) is 4.36. The Labute approximate surface area is 152 Å². The molecule has 1 N–H and O–H groups in total. The normalized spacial score (nSPS) is 17.6. The van der Waals surface area contributed by atoms with Gasteiger partial charge in [-0.3, -0.25) is 9.69 Å². The number of thiophene rings is 1. The van der Waals surface area contributed by atoms with Crippen LogP contribution in [0.1, 0.15) is 22.0 Å². The highest BCUT2D eigenvalue weighted by Gasteiger charge is 2.24. The van der Waals surface area contributed by atoms with Gasteiger partial charge in [0.2, 0.25) is 0 Å². The summed E-state index contributed by atoms with van der Waals surface area (Å²) in [6.07, 6.45) is 0. The molecule has 1 aliphatic rings. The summed E-state index contributed by atoms with van der Waals surface area (Å²) in [5.41, 5.74) is 1.88. The Morgan fingerprint density at radius 2 is 2.08 bits per heavy atom. The van der Waals surface area contributed by atoms with Gasteiger partial charge in [-0.1, -0.05) is 17.7 Å². The van der Waals surface area contributed by atoms with Gasteiger partial charge in [0.25, 0.3) is 5.91 Å². The van der Waals surface area contributed by atoms with Crippen LogP contribution in [0.15, 0.2) is 41.1 Å². The highest BCUT2D eigenvalue weighted by molar-refractivity contribution is 7.07. The van der Waals surface area contributed by atoms with E-state index in [4.69, 9.17) is 11.6 Å².